The second kappa shape index (κ2) is 14.3. The Hall–Kier alpha value is -1.90. The molecule has 0 saturated carbocycles. The largest absolute Gasteiger partial charge is 0.463 e. The molecular formula is C16H23NO8S. The van der Waals surface area contributed by atoms with E-state index >= 15 is 0 Å². The third kappa shape index (κ3) is 8.46. The number of carbonyl (C=O) groups excluding carboxylic acids is 1. The smallest absolute Gasteiger partial charge is 0.352 e. The molecule has 0 atom stereocenters. The van der Waals surface area contributed by atoms with Crippen molar-refractivity contribution >= 4 is 17.3 Å². The Morgan fingerprint density at radius 3 is 2.31 bits per heavy atom. The van der Waals surface area contributed by atoms with Crippen molar-refractivity contribution in [1.82, 2.24) is 0 Å². The van der Waals surface area contributed by atoms with Crippen molar-refractivity contribution in [2.45, 2.75) is 6.42 Å². The van der Waals surface area contributed by atoms with E-state index in [2.05, 4.69) is 0 Å². The van der Waals surface area contributed by atoms with E-state index in [1.54, 1.807) is 19.6 Å². The molecule has 0 fully saturated rings. The molecule has 0 aliphatic carbocycles. The average molecular weight is 389 g/mol. The van der Waals surface area contributed by atoms with E-state index in [4.69, 9.17) is 38.4 Å². The van der Waals surface area contributed by atoms with E-state index < -0.39 is 5.97 Å². The minimum Gasteiger partial charge on any atom is -0.463 e. The SMILES string of the molecule is COCCOCOc1csc(C(=O)OCCC#N)c1OCOCCOC. The average Bonchev–Trinajstić information content (AvgIpc) is 3.04. The summed E-state index contributed by atoms with van der Waals surface area (Å²) in [5, 5.41) is 10.1. The number of esters is 1. The minimum atomic E-state index is -0.590. The van der Waals surface area contributed by atoms with Gasteiger partial charge in [-0.25, -0.2) is 4.79 Å². The molecule has 0 radical (unpaired) electrons. The molecule has 0 bridgehead atoms. The molecule has 1 rings (SSSR count). The van der Waals surface area contributed by atoms with Crippen LogP contribution in [0, 0.1) is 11.3 Å². The number of nitriles is 1. The van der Waals surface area contributed by atoms with Crippen LogP contribution in [0.1, 0.15) is 16.1 Å². The number of methoxy groups -OCH3 is 2. The molecule has 10 heteroatoms. The lowest BCUT2D eigenvalue weighted by Crippen LogP contribution is -2.12. The standard InChI is InChI=1S/C16H23NO8S/c1-19-6-8-21-11-24-13-10-26-15(16(18)23-5-3-4-17)14(13)25-12-22-9-7-20-2/h10H,3,5-9,11-12H2,1-2H3. The number of nitrogens with zero attached hydrogens (tertiary/aromatic N) is 1. The quantitative estimate of drug-likeness (QED) is 0.252. The first kappa shape index (κ1) is 22.1. The van der Waals surface area contributed by atoms with Gasteiger partial charge in [-0.1, -0.05) is 0 Å². The van der Waals surface area contributed by atoms with E-state index in [0.29, 0.717) is 32.2 Å². The highest BCUT2D eigenvalue weighted by molar-refractivity contribution is 7.12. The minimum absolute atomic E-state index is 0.00727. The van der Waals surface area contributed by atoms with Gasteiger partial charge in [-0.3, -0.25) is 0 Å². The number of carbonyl (C=O) groups is 1. The Morgan fingerprint density at radius 1 is 1.04 bits per heavy atom. The van der Waals surface area contributed by atoms with Gasteiger partial charge in [0.1, 0.15) is 6.61 Å². The fourth-order valence-electron chi connectivity index (χ4n) is 1.57. The molecule has 0 amide bonds. The summed E-state index contributed by atoms with van der Waals surface area (Å²) < 4.78 is 36.3. The highest BCUT2D eigenvalue weighted by Crippen LogP contribution is 2.38. The highest BCUT2D eigenvalue weighted by atomic mass is 32.1. The zero-order valence-electron chi connectivity index (χ0n) is 14.9. The van der Waals surface area contributed by atoms with Crippen molar-refractivity contribution in [3.05, 3.63) is 10.3 Å². The lowest BCUT2D eigenvalue weighted by atomic mass is 10.4. The highest BCUT2D eigenvalue weighted by Gasteiger charge is 2.22. The Labute approximate surface area is 156 Å². The van der Waals surface area contributed by atoms with Crippen LogP contribution < -0.4 is 9.47 Å². The predicted octanol–water partition coefficient (Wildman–Crippen LogP) is 1.82. The molecule has 0 aliphatic rings. The van der Waals surface area contributed by atoms with Crippen LogP contribution in [0.5, 0.6) is 11.5 Å². The van der Waals surface area contributed by atoms with Crippen molar-refractivity contribution < 1.29 is 38.0 Å². The number of rotatable bonds is 15. The Balaban J connectivity index is 2.65. The van der Waals surface area contributed by atoms with Gasteiger partial charge in [0.15, 0.2) is 30.0 Å². The van der Waals surface area contributed by atoms with Gasteiger partial charge in [-0.05, 0) is 0 Å². The number of thiophene rings is 1. The van der Waals surface area contributed by atoms with Gasteiger partial charge >= 0.3 is 5.97 Å². The summed E-state index contributed by atoms with van der Waals surface area (Å²) in [5.74, 6) is -0.0352. The summed E-state index contributed by atoms with van der Waals surface area (Å²) in [4.78, 5) is 12.4. The Bertz CT molecular complexity index is 557. The lowest BCUT2D eigenvalue weighted by Gasteiger charge is -2.11. The first-order chi connectivity index (χ1) is 12.7. The van der Waals surface area contributed by atoms with Crippen LogP contribution in [-0.4, -0.2) is 66.8 Å². The summed E-state index contributed by atoms with van der Waals surface area (Å²) in [5.41, 5.74) is 0. The van der Waals surface area contributed by atoms with Crippen molar-refractivity contribution in [3.8, 4) is 17.6 Å². The fourth-order valence-corrected chi connectivity index (χ4v) is 2.39. The zero-order chi connectivity index (χ0) is 19.0. The van der Waals surface area contributed by atoms with E-state index in [0.717, 1.165) is 11.3 Å². The predicted molar refractivity (Wildman–Crippen MR) is 91.5 cm³/mol. The van der Waals surface area contributed by atoms with Gasteiger partial charge < -0.3 is 33.2 Å². The third-order valence-electron chi connectivity index (χ3n) is 2.79. The van der Waals surface area contributed by atoms with Crippen LogP contribution >= 0.6 is 11.3 Å². The summed E-state index contributed by atoms with van der Waals surface area (Å²) in [6.45, 7) is 1.49. The molecule has 0 spiro atoms. The molecule has 0 saturated heterocycles. The molecule has 0 aromatic carbocycles. The van der Waals surface area contributed by atoms with Crippen molar-refractivity contribution in [1.29, 1.82) is 5.26 Å². The van der Waals surface area contributed by atoms with Crippen LogP contribution in [0.3, 0.4) is 0 Å². The summed E-state index contributed by atoms with van der Waals surface area (Å²) >= 11 is 1.11. The molecule has 9 nitrogen and oxygen atoms in total. The Morgan fingerprint density at radius 2 is 1.69 bits per heavy atom. The topological polar surface area (TPSA) is 105 Å². The van der Waals surface area contributed by atoms with Crippen LogP contribution in [0.4, 0.5) is 0 Å². The van der Waals surface area contributed by atoms with E-state index in [1.807, 2.05) is 6.07 Å². The second-order valence-electron chi connectivity index (χ2n) is 4.63. The summed E-state index contributed by atoms with van der Waals surface area (Å²) in [6, 6.07) is 1.90. The lowest BCUT2D eigenvalue weighted by molar-refractivity contribution is -0.0207. The van der Waals surface area contributed by atoms with E-state index in [9.17, 15) is 4.79 Å². The molecule has 146 valence electrons. The van der Waals surface area contributed by atoms with Gasteiger partial charge in [-0.15, -0.1) is 11.3 Å². The van der Waals surface area contributed by atoms with Crippen molar-refractivity contribution in [3.63, 3.8) is 0 Å². The second-order valence-corrected chi connectivity index (χ2v) is 5.51. The first-order valence-corrected chi connectivity index (χ1v) is 8.67. The van der Waals surface area contributed by atoms with Gasteiger partial charge in [0.25, 0.3) is 0 Å². The molecule has 26 heavy (non-hydrogen) atoms. The van der Waals surface area contributed by atoms with Crippen LogP contribution in [0.2, 0.25) is 0 Å². The maximum absolute atomic E-state index is 12.1. The maximum Gasteiger partial charge on any atom is 0.352 e. The molecule has 1 heterocycles. The molecule has 0 unspecified atom stereocenters. The third-order valence-corrected chi connectivity index (χ3v) is 3.71. The van der Waals surface area contributed by atoms with Gasteiger partial charge in [-0.2, -0.15) is 5.26 Å². The van der Waals surface area contributed by atoms with Gasteiger partial charge in [0.2, 0.25) is 0 Å². The maximum atomic E-state index is 12.1. The fraction of sp³-hybridized carbons (Fsp3) is 0.625. The zero-order valence-corrected chi connectivity index (χ0v) is 15.7. The first-order valence-electron chi connectivity index (χ1n) is 7.79. The number of hydrogen-bond acceptors (Lipinski definition) is 10. The number of hydrogen-bond donors (Lipinski definition) is 0. The number of ether oxygens (including phenoxy) is 7. The monoisotopic (exact) mass is 389 g/mol. The van der Waals surface area contributed by atoms with Crippen LogP contribution in [0.15, 0.2) is 5.38 Å². The van der Waals surface area contributed by atoms with E-state index in [-0.39, 0.29) is 37.2 Å². The van der Waals surface area contributed by atoms with Crippen molar-refractivity contribution in [2.24, 2.45) is 0 Å². The molecule has 1 aromatic heterocycles. The van der Waals surface area contributed by atoms with Crippen LogP contribution in [0.25, 0.3) is 0 Å². The van der Waals surface area contributed by atoms with Crippen molar-refractivity contribution in [2.75, 3.05) is 60.8 Å². The molecule has 0 aliphatic heterocycles. The van der Waals surface area contributed by atoms with Gasteiger partial charge in [0.05, 0.1) is 38.9 Å². The normalized spacial score (nSPS) is 10.3. The van der Waals surface area contributed by atoms with E-state index in [1.165, 1.54) is 0 Å². The molecular weight excluding hydrogens is 366 g/mol. The van der Waals surface area contributed by atoms with Crippen LogP contribution in [-0.2, 0) is 23.7 Å². The summed E-state index contributed by atoms with van der Waals surface area (Å²) in [6.07, 6.45) is 0.115. The molecule has 1 aromatic rings. The molecule has 0 N–H and O–H groups in total. The van der Waals surface area contributed by atoms with Gasteiger partial charge in [0, 0.05) is 19.6 Å². The Kier molecular flexibility index (Phi) is 12.2. The summed E-state index contributed by atoms with van der Waals surface area (Å²) in [7, 11) is 3.14.